The summed E-state index contributed by atoms with van der Waals surface area (Å²) in [6, 6.07) is 0. The molecular formula is C12H24N4O2. The van der Waals surface area contributed by atoms with Crippen molar-refractivity contribution in [2.24, 2.45) is 16.1 Å². The van der Waals surface area contributed by atoms with E-state index in [0.29, 0.717) is 32.3 Å². The van der Waals surface area contributed by atoms with Gasteiger partial charge in [-0.25, -0.2) is 0 Å². The standard InChI is InChI=1S/C12H24N4O2/c1-4-14-10(17)12(2,3)9-15-11(13)16-5-7-18-8-6-16/h4-9H2,1-3H3,(H2,13,15)(H,14,17). The molecule has 6 heteroatoms. The molecule has 1 aliphatic heterocycles. The van der Waals surface area contributed by atoms with Gasteiger partial charge < -0.3 is 20.7 Å². The second-order valence-corrected chi connectivity index (χ2v) is 5.02. The Kier molecular flexibility index (Phi) is 5.40. The minimum atomic E-state index is -0.535. The first-order valence-corrected chi connectivity index (χ1v) is 6.38. The summed E-state index contributed by atoms with van der Waals surface area (Å²) in [7, 11) is 0. The fourth-order valence-electron chi connectivity index (χ4n) is 1.64. The first-order valence-electron chi connectivity index (χ1n) is 6.38. The lowest BCUT2D eigenvalue weighted by atomic mass is 9.92. The number of ether oxygens (including phenoxy) is 1. The van der Waals surface area contributed by atoms with Gasteiger partial charge in [0.25, 0.3) is 0 Å². The summed E-state index contributed by atoms with van der Waals surface area (Å²) >= 11 is 0. The van der Waals surface area contributed by atoms with Crippen molar-refractivity contribution in [3.63, 3.8) is 0 Å². The SMILES string of the molecule is CCNC(=O)C(C)(C)CN=C(N)N1CCOCC1. The molecule has 1 amide bonds. The molecule has 0 aliphatic carbocycles. The highest BCUT2D eigenvalue weighted by atomic mass is 16.5. The van der Waals surface area contributed by atoms with E-state index in [0.717, 1.165) is 13.1 Å². The van der Waals surface area contributed by atoms with Gasteiger partial charge in [0.15, 0.2) is 5.96 Å². The largest absolute Gasteiger partial charge is 0.378 e. The van der Waals surface area contributed by atoms with Gasteiger partial charge in [0.05, 0.1) is 25.2 Å². The monoisotopic (exact) mass is 256 g/mol. The van der Waals surface area contributed by atoms with E-state index in [1.807, 2.05) is 25.7 Å². The molecule has 0 atom stereocenters. The van der Waals surface area contributed by atoms with Crippen molar-refractivity contribution in [1.29, 1.82) is 0 Å². The first kappa shape index (κ1) is 14.8. The van der Waals surface area contributed by atoms with E-state index in [1.165, 1.54) is 0 Å². The van der Waals surface area contributed by atoms with Crippen LogP contribution in [0, 0.1) is 5.41 Å². The molecular weight excluding hydrogens is 232 g/mol. The predicted molar refractivity (Wildman–Crippen MR) is 71.3 cm³/mol. The topological polar surface area (TPSA) is 80.0 Å². The van der Waals surface area contributed by atoms with Crippen LogP contribution in [0.2, 0.25) is 0 Å². The number of guanidine groups is 1. The molecule has 0 saturated carbocycles. The third-order valence-electron chi connectivity index (χ3n) is 2.92. The number of hydrogen-bond acceptors (Lipinski definition) is 3. The van der Waals surface area contributed by atoms with Gasteiger partial charge in [0.2, 0.25) is 5.91 Å². The number of nitrogens with zero attached hydrogens (tertiary/aromatic N) is 2. The Balaban J connectivity index is 2.52. The van der Waals surface area contributed by atoms with Crippen LogP contribution in [-0.2, 0) is 9.53 Å². The predicted octanol–water partition coefficient (Wildman–Crippen LogP) is -0.204. The molecule has 0 aromatic heterocycles. The molecule has 1 rings (SSSR count). The Hall–Kier alpha value is -1.30. The minimum absolute atomic E-state index is 0.00327. The zero-order chi connectivity index (χ0) is 13.6. The highest BCUT2D eigenvalue weighted by Gasteiger charge is 2.27. The molecule has 1 heterocycles. The maximum atomic E-state index is 11.8. The Morgan fingerprint density at radius 3 is 2.61 bits per heavy atom. The van der Waals surface area contributed by atoms with Gasteiger partial charge in [-0.3, -0.25) is 9.79 Å². The molecule has 1 aliphatic rings. The summed E-state index contributed by atoms with van der Waals surface area (Å²) in [5.74, 6) is 0.499. The smallest absolute Gasteiger partial charge is 0.227 e. The Labute approximate surface area is 109 Å². The molecule has 0 unspecified atom stereocenters. The summed E-state index contributed by atoms with van der Waals surface area (Å²) in [4.78, 5) is 18.1. The zero-order valence-corrected chi connectivity index (χ0v) is 11.5. The number of hydrogen-bond donors (Lipinski definition) is 2. The summed E-state index contributed by atoms with van der Waals surface area (Å²) in [6.45, 7) is 9.54. The summed E-state index contributed by atoms with van der Waals surface area (Å²) in [5.41, 5.74) is 5.38. The first-order chi connectivity index (χ1) is 8.47. The minimum Gasteiger partial charge on any atom is -0.378 e. The van der Waals surface area contributed by atoms with E-state index in [1.54, 1.807) is 0 Å². The molecule has 6 nitrogen and oxygen atoms in total. The molecule has 0 aromatic carbocycles. The number of nitrogens with one attached hydrogen (secondary N) is 1. The molecule has 18 heavy (non-hydrogen) atoms. The van der Waals surface area contributed by atoms with Crippen molar-refractivity contribution >= 4 is 11.9 Å². The third kappa shape index (κ3) is 4.18. The molecule has 0 aromatic rings. The number of rotatable bonds is 4. The quantitative estimate of drug-likeness (QED) is 0.539. The van der Waals surface area contributed by atoms with Crippen LogP contribution in [-0.4, -0.2) is 56.2 Å². The van der Waals surface area contributed by atoms with E-state index in [2.05, 4.69) is 10.3 Å². The van der Waals surface area contributed by atoms with Crippen LogP contribution in [0.25, 0.3) is 0 Å². The van der Waals surface area contributed by atoms with Crippen molar-refractivity contribution in [3.05, 3.63) is 0 Å². The van der Waals surface area contributed by atoms with Gasteiger partial charge in [-0.05, 0) is 20.8 Å². The third-order valence-corrected chi connectivity index (χ3v) is 2.92. The van der Waals surface area contributed by atoms with E-state index in [9.17, 15) is 4.79 Å². The van der Waals surface area contributed by atoms with Crippen LogP contribution in [0.1, 0.15) is 20.8 Å². The maximum Gasteiger partial charge on any atom is 0.227 e. The molecule has 0 radical (unpaired) electrons. The van der Waals surface area contributed by atoms with Gasteiger partial charge in [0.1, 0.15) is 0 Å². The number of morpholine rings is 1. The maximum absolute atomic E-state index is 11.8. The van der Waals surface area contributed by atoms with Crippen molar-refractivity contribution in [2.45, 2.75) is 20.8 Å². The van der Waals surface area contributed by atoms with Crippen molar-refractivity contribution in [2.75, 3.05) is 39.4 Å². The fourth-order valence-corrected chi connectivity index (χ4v) is 1.64. The molecule has 1 fully saturated rings. The molecule has 1 saturated heterocycles. The van der Waals surface area contributed by atoms with Crippen molar-refractivity contribution < 1.29 is 9.53 Å². The Morgan fingerprint density at radius 2 is 2.06 bits per heavy atom. The lowest BCUT2D eigenvalue weighted by Crippen LogP contribution is -2.46. The van der Waals surface area contributed by atoms with Crippen LogP contribution >= 0.6 is 0 Å². The van der Waals surface area contributed by atoms with E-state index in [4.69, 9.17) is 10.5 Å². The highest BCUT2D eigenvalue weighted by Crippen LogP contribution is 2.15. The van der Waals surface area contributed by atoms with Crippen LogP contribution in [0.4, 0.5) is 0 Å². The summed E-state index contributed by atoms with van der Waals surface area (Å²) < 4.78 is 5.25. The molecule has 104 valence electrons. The van der Waals surface area contributed by atoms with Crippen LogP contribution < -0.4 is 11.1 Å². The number of aliphatic imine (C=N–C) groups is 1. The lowest BCUT2D eigenvalue weighted by molar-refractivity contribution is -0.128. The van der Waals surface area contributed by atoms with Crippen molar-refractivity contribution in [3.8, 4) is 0 Å². The zero-order valence-electron chi connectivity index (χ0n) is 11.5. The average Bonchev–Trinajstić information content (AvgIpc) is 2.37. The second kappa shape index (κ2) is 6.58. The van der Waals surface area contributed by atoms with Gasteiger partial charge >= 0.3 is 0 Å². The fraction of sp³-hybridized carbons (Fsp3) is 0.833. The van der Waals surface area contributed by atoms with Crippen LogP contribution in [0.5, 0.6) is 0 Å². The summed E-state index contributed by atoms with van der Waals surface area (Å²) in [6.07, 6.45) is 0. The van der Waals surface area contributed by atoms with E-state index < -0.39 is 5.41 Å². The normalized spacial score (nSPS) is 17.7. The Bertz CT molecular complexity index is 309. The highest BCUT2D eigenvalue weighted by molar-refractivity contribution is 5.83. The van der Waals surface area contributed by atoms with Crippen LogP contribution in [0.3, 0.4) is 0 Å². The van der Waals surface area contributed by atoms with Gasteiger partial charge in [-0.15, -0.1) is 0 Å². The number of carbonyl (C=O) groups excluding carboxylic acids is 1. The van der Waals surface area contributed by atoms with E-state index in [-0.39, 0.29) is 5.91 Å². The number of nitrogens with two attached hydrogens (primary N) is 1. The molecule has 0 spiro atoms. The van der Waals surface area contributed by atoms with Gasteiger partial charge in [0, 0.05) is 19.6 Å². The number of amides is 1. The van der Waals surface area contributed by atoms with Gasteiger partial charge in [-0.1, -0.05) is 0 Å². The lowest BCUT2D eigenvalue weighted by Gasteiger charge is -2.28. The van der Waals surface area contributed by atoms with Crippen LogP contribution in [0.15, 0.2) is 4.99 Å². The van der Waals surface area contributed by atoms with E-state index >= 15 is 0 Å². The average molecular weight is 256 g/mol. The second-order valence-electron chi connectivity index (χ2n) is 5.02. The molecule has 3 N–H and O–H groups in total. The summed E-state index contributed by atoms with van der Waals surface area (Å²) in [5, 5.41) is 2.81. The Morgan fingerprint density at radius 1 is 1.44 bits per heavy atom. The van der Waals surface area contributed by atoms with Crippen molar-refractivity contribution in [1.82, 2.24) is 10.2 Å². The number of carbonyl (C=O) groups is 1. The molecule has 0 bridgehead atoms. The van der Waals surface area contributed by atoms with Gasteiger partial charge in [-0.2, -0.15) is 0 Å².